The monoisotopic (exact) mass is 340 g/mol. The normalized spacial score (nSPS) is 11.8. The molecule has 2 heterocycles. The highest BCUT2D eigenvalue weighted by atomic mass is 19.1. The van der Waals surface area contributed by atoms with Gasteiger partial charge in [-0.3, -0.25) is 9.36 Å². The third-order valence-electron chi connectivity index (χ3n) is 3.48. The van der Waals surface area contributed by atoms with Crippen molar-refractivity contribution in [2.75, 3.05) is 6.54 Å². The lowest BCUT2D eigenvalue weighted by atomic mass is 10.2. The van der Waals surface area contributed by atoms with Crippen molar-refractivity contribution < 1.29 is 13.9 Å². The van der Waals surface area contributed by atoms with E-state index in [1.807, 2.05) is 6.92 Å². The summed E-state index contributed by atoms with van der Waals surface area (Å²) in [5.41, 5.74) is 0.439. The van der Waals surface area contributed by atoms with Gasteiger partial charge in [0.05, 0.1) is 12.1 Å². The molecule has 0 bridgehead atoms. The van der Waals surface area contributed by atoms with E-state index in [4.69, 9.17) is 4.74 Å². The average Bonchev–Trinajstić information content (AvgIpc) is 3.16. The second kappa shape index (κ2) is 7.57. The fourth-order valence-corrected chi connectivity index (χ4v) is 2.28. The van der Waals surface area contributed by atoms with Crippen LogP contribution in [0.2, 0.25) is 0 Å². The first-order valence-corrected chi connectivity index (χ1v) is 7.77. The van der Waals surface area contributed by atoms with Crippen molar-refractivity contribution in [3.05, 3.63) is 72.7 Å². The van der Waals surface area contributed by atoms with Gasteiger partial charge in [0.25, 0.3) is 5.91 Å². The minimum absolute atomic E-state index is 0.258. The SMILES string of the molecule is C[C@H](CNC(=O)c1cccnc1-n1ccnc1)Oc1ccc(F)cc1. The smallest absolute Gasteiger partial charge is 0.255 e. The summed E-state index contributed by atoms with van der Waals surface area (Å²) in [4.78, 5) is 20.7. The maximum Gasteiger partial charge on any atom is 0.255 e. The largest absolute Gasteiger partial charge is 0.489 e. The fraction of sp³-hybridized carbons (Fsp3) is 0.167. The first-order valence-electron chi connectivity index (χ1n) is 7.77. The second-order valence-corrected chi connectivity index (χ2v) is 5.44. The Morgan fingerprint density at radius 2 is 2.08 bits per heavy atom. The molecular formula is C18H17FN4O2. The van der Waals surface area contributed by atoms with E-state index in [1.165, 1.54) is 12.1 Å². The van der Waals surface area contributed by atoms with Gasteiger partial charge < -0.3 is 10.1 Å². The van der Waals surface area contributed by atoms with Crippen molar-refractivity contribution in [2.24, 2.45) is 0 Å². The Morgan fingerprint density at radius 3 is 2.80 bits per heavy atom. The van der Waals surface area contributed by atoms with E-state index in [2.05, 4.69) is 15.3 Å². The van der Waals surface area contributed by atoms with Crippen LogP contribution < -0.4 is 10.1 Å². The zero-order valence-electron chi connectivity index (χ0n) is 13.6. The van der Waals surface area contributed by atoms with Crippen LogP contribution in [0.3, 0.4) is 0 Å². The predicted molar refractivity (Wildman–Crippen MR) is 90.2 cm³/mol. The topological polar surface area (TPSA) is 69.0 Å². The fourth-order valence-electron chi connectivity index (χ4n) is 2.28. The van der Waals surface area contributed by atoms with Crippen molar-refractivity contribution in [3.8, 4) is 11.6 Å². The molecule has 3 rings (SSSR count). The minimum atomic E-state index is -0.322. The number of nitrogens with zero attached hydrogens (tertiary/aromatic N) is 3. The molecule has 1 aromatic carbocycles. The molecule has 0 aliphatic heterocycles. The van der Waals surface area contributed by atoms with Crippen LogP contribution in [0.5, 0.6) is 5.75 Å². The summed E-state index contributed by atoms with van der Waals surface area (Å²) >= 11 is 0. The van der Waals surface area contributed by atoms with E-state index < -0.39 is 0 Å². The molecule has 3 aromatic rings. The summed E-state index contributed by atoms with van der Waals surface area (Å²) in [6.45, 7) is 2.12. The molecule has 1 N–H and O–H groups in total. The summed E-state index contributed by atoms with van der Waals surface area (Å²) in [5.74, 6) is 0.469. The number of imidazole rings is 1. The van der Waals surface area contributed by atoms with Gasteiger partial charge in [0.1, 0.15) is 24.0 Å². The van der Waals surface area contributed by atoms with Gasteiger partial charge >= 0.3 is 0 Å². The molecule has 0 aliphatic rings. The van der Waals surface area contributed by atoms with Crippen LogP contribution in [-0.4, -0.2) is 33.1 Å². The first kappa shape index (κ1) is 16.6. The molecular weight excluding hydrogens is 323 g/mol. The number of halogens is 1. The Morgan fingerprint density at radius 1 is 1.28 bits per heavy atom. The highest BCUT2D eigenvalue weighted by Crippen LogP contribution is 2.13. The first-order chi connectivity index (χ1) is 12.1. The molecule has 25 heavy (non-hydrogen) atoms. The van der Waals surface area contributed by atoms with Crippen LogP contribution in [-0.2, 0) is 0 Å². The Bertz CT molecular complexity index is 835. The van der Waals surface area contributed by atoms with E-state index in [0.717, 1.165) is 0 Å². The molecule has 0 radical (unpaired) electrons. The third-order valence-corrected chi connectivity index (χ3v) is 3.48. The molecule has 2 aromatic heterocycles. The lowest BCUT2D eigenvalue weighted by molar-refractivity contribution is 0.0932. The lowest BCUT2D eigenvalue weighted by Crippen LogP contribution is -2.34. The summed E-state index contributed by atoms with van der Waals surface area (Å²) in [5, 5.41) is 2.82. The number of ether oxygens (including phenoxy) is 1. The van der Waals surface area contributed by atoms with Crippen molar-refractivity contribution >= 4 is 5.91 Å². The molecule has 7 heteroatoms. The van der Waals surface area contributed by atoms with Crippen LogP contribution in [0.4, 0.5) is 4.39 Å². The molecule has 0 saturated carbocycles. The molecule has 0 unspecified atom stereocenters. The Hall–Kier alpha value is -3.22. The van der Waals surface area contributed by atoms with E-state index in [0.29, 0.717) is 23.7 Å². The highest BCUT2D eigenvalue weighted by molar-refractivity contribution is 5.97. The molecule has 0 spiro atoms. The van der Waals surface area contributed by atoms with Gasteiger partial charge in [0.15, 0.2) is 5.82 Å². The van der Waals surface area contributed by atoms with Crippen LogP contribution in [0.1, 0.15) is 17.3 Å². The number of carbonyl (C=O) groups is 1. The van der Waals surface area contributed by atoms with E-state index >= 15 is 0 Å². The van der Waals surface area contributed by atoms with Crippen molar-refractivity contribution in [2.45, 2.75) is 13.0 Å². The van der Waals surface area contributed by atoms with Crippen LogP contribution >= 0.6 is 0 Å². The molecule has 128 valence electrons. The Kier molecular flexibility index (Phi) is 5.03. The number of nitrogens with one attached hydrogen (secondary N) is 1. The highest BCUT2D eigenvalue weighted by Gasteiger charge is 2.14. The van der Waals surface area contributed by atoms with Gasteiger partial charge in [-0.15, -0.1) is 0 Å². The molecule has 6 nitrogen and oxygen atoms in total. The Balaban J connectivity index is 1.62. The summed E-state index contributed by atoms with van der Waals surface area (Å²) in [6, 6.07) is 9.15. The van der Waals surface area contributed by atoms with Crippen molar-refractivity contribution in [1.82, 2.24) is 19.9 Å². The third kappa shape index (κ3) is 4.20. The molecule has 0 saturated heterocycles. The number of pyridine rings is 1. The number of benzene rings is 1. The standard InChI is InChI=1S/C18H17FN4O2/c1-13(25-15-6-4-14(19)5-7-15)11-22-18(24)16-3-2-8-21-17(16)23-10-9-20-12-23/h2-10,12-13H,11H2,1H3,(H,22,24)/t13-/m1/s1. The minimum Gasteiger partial charge on any atom is -0.489 e. The van der Waals surface area contributed by atoms with Gasteiger partial charge in [-0.05, 0) is 43.3 Å². The predicted octanol–water partition coefficient (Wildman–Crippen LogP) is 2.60. The number of hydrogen-bond acceptors (Lipinski definition) is 4. The summed E-state index contributed by atoms with van der Waals surface area (Å²) in [6.07, 6.45) is 6.27. The summed E-state index contributed by atoms with van der Waals surface area (Å²) in [7, 11) is 0. The van der Waals surface area contributed by atoms with Gasteiger partial charge in [-0.2, -0.15) is 0 Å². The quantitative estimate of drug-likeness (QED) is 0.749. The Labute approximate surface area is 144 Å². The zero-order chi connectivity index (χ0) is 17.6. The zero-order valence-corrected chi connectivity index (χ0v) is 13.6. The maximum atomic E-state index is 12.9. The van der Waals surface area contributed by atoms with E-state index in [9.17, 15) is 9.18 Å². The second-order valence-electron chi connectivity index (χ2n) is 5.44. The molecule has 1 amide bonds. The molecule has 0 fully saturated rings. The van der Waals surface area contributed by atoms with Gasteiger partial charge in [0, 0.05) is 18.6 Å². The molecule has 0 aliphatic carbocycles. The number of hydrogen-bond donors (Lipinski definition) is 1. The van der Waals surface area contributed by atoms with E-state index in [-0.39, 0.29) is 17.8 Å². The number of amides is 1. The van der Waals surface area contributed by atoms with Crippen LogP contribution in [0.25, 0.3) is 5.82 Å². The van der Waals surface area contributed by atoms with Crippen LogP contribution in [0.15, 0.2) is 61.3 Å². The molecule has 1 atom stereocenters. The van der Waals surface area contributed by atoms with Gasteiger partial charge in [-0.1, -0.05) is 0 Å². The van der Waals surface area contributed by atoms with Crippen molar-refractivity contribution in [1.29, 1.82) is 0 Å². The average molecular weight is 340 g/mol. The number of aromatic nitrogens is 3. The van der Waals surface area contributed by atoms with E-state index in [1.54, 1.807) is 53.8 Å². The van der Waals surface area contributed by atoms with Gasteiger partial charge in [-0.25, -0.2) is 14.4 Å². The lowest BCUT2D eigenvalue weighted by Gasteiger charge is -2.16. The number of rotatable bonds is 6. The van der Waals surface area contributed by atoms with Crippen LogP contribution in [0, 0.1) is 5.82 Å². The van der Waals surface area contributed by atoms with Gasteiger partial charge in [0.2, 0.25) is 0 Å². The summed E-state index contributed by atoms with van der Waals surface area (Å²) < 4.78 is 20.2. The maximum absolute atomic E-state index is 12.9. The van der Waals surface area contributed by atoms with Crippen molar-refractivity contribution in [3.63, 3.8) is 0 Å². The number of carbonyl (C=O) groups excluding carboxylic acids is 1.